The molecule has 1 rings (SSSR count). The average molecular weight is 299 g/mol. The van der Waals surface area contributed by atoms with Crippen molar-refractivity contribution in [2.45, 2.75) is 37.9 Å². The number of ether oxygens (including phenoxy) is 2. The first-order valence-electron chi connectivity index (χ1n) is 6.37. The zero-order valence-corrected chi connectivity index (χ0v) is 13.1. The first-order chi connectivity index (χ1) is 9.39. The van der Waals surface area contributed by atoms with E-state index in [2.05, 4.69) is 9.97 Å². The Balaban J connectivity index is 2.62. The fourth-order valence-corrected chi connectivity index (χ4v) is 2.37. The van der Waals surface area contributed by atoms with Crippen LogP contribution in [0.5, 0.6) is 0 Å². The summed E-state index contributed by atoms with van der Waals surface area (Å²) in [7, 11) is 1.69. The Morgan fingerprint density at radius 1 is 1.50 bits per heavy atom. The summed E-state index contributed by atoms with van der Waals surface area (Å²) < 4.78 is 10.2. The Labute approximate surface area is 123 Å². The highest BCUT2D eigenvalue weighted by Crippen LogP contribution is 2.22. The van der Waals surface area contributed by atoms with Gasteiger partial charge in [0, 0.05) is 19.1 Å². The maximum Gasteiger partial charge on any atom is 0.343 e. The van der Waals surface area contributed by atoms with E-state index in [0.29, 0.717) is 11.8 Å². The summed E-state index contributed by atoms with van der Waals surface area (Å²) >= 11 is 1.48. The highest BCUT2D eigenvalue weighted by molar-refractivity contribution is 7.99. The SMILES string of the molecule is CCOC(=O)c1cnc(SCCC(C)(C)OC)nc1N. The number of hydrogen-bond donors (Lipinski definition) is 1. The molecule has 6 nitrogen and oxygen atoms in total. The Morgan fingerprint density at radius 2 is 2.20 bits per heavy atom. The maximum absolute atomic E-state index is 11.6. The van der Waals surface area contributed by atoms with Gasteiger partial charge in [0.1, 0.15) is 11.4 Å². The van der Waals surface area contributed by atoms with E-state index in [1.165, 1.54) is 18.0 Å². The Morgan fingerprint density at radius 3 is 2.75 bits per heavy atom. The lowest BCUT2D eigenvalue weighted by Crippen LogP contribution is -2.23. The first-order valence-corrected chi connectivity index (χ1v) is 7.35. The highest BCUT2D eigenvalue weighted by atomic mass is 32.2. The summed E-state index contributed by atoms with van der Waals surface area (Å²) in [4.78, 5) is 19.8. The molecular formula is C13H21N3O3S. The lowest BCUT2D eigenvalue weighted by molar-refractivity contribution is 0.0206. The smallest absolute Gasteiger partial charge is 0.343 e. The quantitative estimate of drug-likeness (QED) is 0.469. The van der Waals surface area contributed by atoms with Gasteiger partial charge in [-0.15, -0.1) is 0 Å². The normalized spacial score (nSPS) is 11.4. The molecule has 0 saturated carbocycles. The van der Waals surface area contributed by atoms with E-state index in [4.69, 9.17) is 15.2 Å². The van der Waals surface area contributed by atoms with Gasteiger partial charge in [0.2, 0.25) is 0 Å². The van der Waals surface area contributed by atoms with Crippen molar-refractivity contribution in [3.63, 3.8) is 0 Å². The molecule has 0 radical (unpaired) electrons. The number of anilines is 1. The van der Waals surface area contributed by atoms with Crippen LogP contribution in [0.2, 0.25) is 0 Å². The number of nitrogens with two attached hydrogens (primary N) is 1. The van der Waals surface area contributed by atoms with Crippen molar-refractivity contribution in [3.05, 3.63) is 11.8 Å². The summed E-state index contributed by atoms with van der Waals surface area (Å²) in [6, 6.07) is 0. The number of carbonyl (C=O) groups is 1. The summed E-state index contributed by atoms with van der Waals surface area (Å²) in [6.07, 6.45) is 2.27. The molecule has 2 N–H and O–H groups in total. The molecule has 1 aromatic heterocycles. The average Bonchev–Trinajstić information content (AvgIpc) is 2.39. The van der Waals surface area contributed by atoms with Crippen molar-refractivity contribution in [1.29, 1.82) is 0 Å². The largest absolute Gasteiger partial charge is 0.462 e. The molecule has 20 heavy (non-hydrogen) atoms. The molecule has 0 aliphatic carbocycles. The second kappa shape index (κ2) is 7.44. The number of thioether (sulfide) groups is 1. The lowest BCUT2D eigenvalue weighted by atomic mass is 10.1. The van der Waals surface area contributed by atoms with Crippen molar-refractivity contribution in [3.8, 4) is 0 Å². The number of methoxy groups -OCH3 is 1. The van der Waals surface area contributed by atoms with E-state index in [-0.39, 0.29) is 17.0 Å². The minimum Gasteiger partial charge on any atom is -0.462 e. The number of nitrogens with zero attached hydrogens (tertiary/aromatic N) is 2. The molecular weight excluding hydrogens is 278 g/mol. The Hall–Kier alpha value is -1.34. The predicted octanol–water partition coefficient (Wildman–Crippen LogP) is 2.14. The number of carbonyl (C=O) groups excluding carboxylic acids is 1. The summed E-state index contributed by atoms with van der Waals surface area (Å²) in [5, 5.41) is 0.544. The third kappa shape index (κ3) is 4.97. The molecule has 0 unspecified atom stereocenters. The summed E-state index contributed by atoms with van der Waals surface area (Å²) in [5.74, 6) is 0.452. The standard InChI is InChI=1S/C13H21N3O3S/c1-5-19-11(17)9-8-15-12(16-10(9)14)20-7-6-13(2,3)18-4/h8H,5-7H2,1-4H3,(H2,14,15,16). The van der Waals surface area contributed by atoms with Crippen molar-refractivity contribution >= 4 is 23.5 Å². The molecule has 1 heterocycles. The Kier molecular flexibility index (Phi) is 6.22. The number of rotatable bonds is 7. The van der Waals surface area contributed by atoms with E-state index < -0.39 is 5.97 Å². The van der Waals surface area contributed by atoms with Gasteiger partial charge in [-0.25, -0.2) is 14.8 Å². The van der Waals surface area contributed by atoms with Crippen LogP contribution < -0.4 is 5.73 Å². The van der Waals surface area contributed by atoms with Crippen LogP contribution in [0.15, 0.2) is 11.4 Å². The van der Waals surface area contributed by atoms with Crippen molar-refractivity contribution in [2.75, 3.05) is 25.2 Å². The second-order valence-electron chi connectivity index (χ2n) is 4.73. The van der Waals surface area contributed by atoms with Gasteiger partial charge in [-0.1, -0.05) is 11.8 Å². The van der Waals surface area contributed by atoms with Crippen LogP contribution in [0.3, 0.4) is 0 Å². The molecule has 112 valence electrons. The fraction of sp³-hybridized carbons (Fsp3) is 0.615. The first kappa shape index (κ1) is 16.7. The van der Waals surface area contributed by atoms with Crippen molar-refractivity contribution in [1.82, 2.24) is 9.97 Å². The van der Waals surface area contributed by atoms with Crippen LogP contribution in [0.4, 0.5) is 5.82 Å². The third-order valence-corrected chi connectivity index (χ3v) is 3.64. The molecule has 0 aliphatic heterocycles. The molecule has 0 bridgehead atoms. The number of esters is 1. The van der Waals surface area contributed by atoms with Crippen LogP contribution in [0, 0.1) is 0 Å². The van der Waals surface area contributed by atoms with Gasteiger partial charge in [0.05, 0.1) is 12.2 Å². The molecule has 0 spiro atoms. The van der Waals surface area contributed by atoms with E-state index in [1.807, 2.05) is 13.8 Å². The van der Waals surface area contributed by atoms with Crippen LogP contribution in [-0.4, -0.2) is 41.0 Å². The van der Waals surface area contributed by atoms with Gasteiger partial charge in [-0.05, 0) is 27.2 Å². The topological polar surface area (TPSA) is 87.3 Å². The summed E-state index contributed by atoms with van der Waals surface area (Å²) in [6.45, 7) is 6.07. The zero-order valence-electron chi connectivity index (χ0n) is 12.3. The van der Waals surface area contributed by atoms with Gasteiger partial charge < -0.3 is 15.2 Å². The predicted molar refractivity (Wildman–Crippen MR) is 78.8 cm³/mol. The van der Waals surface area contributed by atoms with Gasteiger partial charge in [-0.2, -0.15) is 0 Å². The minimum atomic E-state index is -0.498. The number of hydrogen-bond acceptors (Lipinski definition) is 7. The molecule has 0 aliphatic rings. The van der Waals surface area contributed by atoms with Crippen LogP contribution in [0.1, 0.15) is 37.6 Å². The van der Waals surface area contributed by atoms with Crippen LogP contribution in [-0.2, 0) is 9.47 Å². The van der Waals surface area contributed by atoms with Crippen LogP contribution >= 0.6 is 11.8 Å². The highest BCUT2D eigenvalue weighted by Gasteiger charge is 2.17. The number of nitrogen functional groups attached to an aromatic ring is 1. The third-order valence-electron chi connectivity index (χ3n) is 2.78. The molecule has 1 aromatic rings. The monoisotopic (exact) mass is 299 g/mol. The zero-order chi connectivity index (χ0) is 15.2. The number of aromatic nitrogens is 2. The van der Waals surface area contributed by atoms with Gasteiger partial charge in [0.25, 0.3) is 0 Å². The van der Waals surface area contributed by atoms with Gasteiger partial charge in [0.15, 0.2) is 5.16 Å². The van der Waals surface area contributed by atoms with Gasteiger partial charge >= 0.3 is 5.97 Å². The second-order valence-corrected chi connectivity index (χ2v) is 5.80. The van der Waals surface area contributed by atoms with E-state index in [9.17, 15) is 4.79 Å². The lowest BCUT2D eigenvalue weighted by Gasteiger charge is -2.22. The van der Waals surface area contributed by atoms with Crippen LogP contribution in [0.25, 0.3) is 0 Å². The molecule has 0 aromatic carbocycles. The van der Waals surface area contributed by atoms with Gasteiger partial charge in [-0.3, -0.25) is 0 Å². The maximum atomic E-state index is 11.6. The molecule has 0 saturated heterocycles. The molecule has 0 fully saturated rings. The van der Waals surface area contributed by atoms with Crippen molar-refractivity contribution in [2.24, 2.45) is 0 Å². The molecule has 0 atom stereocenters. The van der Waals surface area contributed by atoms with E-state index in [0.717, 1.165) is 12.2 Å². The Bertz CT molecular complexity index is 466. The molecule has 7 heteroatoms. The van der Waals surface area contributed by atoms with Crippen molar-refractivity contribution < 1.29 is 14.3 Å². The minimum absolute atomic E-state index is 0.145. The van der Waals surface area contributed by atoms with E-state index in [1.54, 1.807) is 14.0 Å². The summed E-state index contributed by atoms with van der Waals surface area (Å²) in [5.41, 5.74) is 5.77. The fourth-order valence-electron chi connectivity index (χ4n) is 1.30. The molecule has 0 amide bonds. The van der Waals surface area contributed by atoms with E-state index >= 15 is 0 Å².